The van der Waals surface area contributed by atoms with Crippen molar-refractivity contribution in [2.45, 2.75) is 32.2 Å². The van der Waals surface area contributed by atoms with E-state index in [9.17, 15) is 14.7 Å². The highest BCUT2D eigenvalue weighted by Gasteiger charge is 2.26. The molecular formula is C17H19N3O4. The average Bonchev–Trinajstić information content (AvgIpc) is 3.24. The number of carbonyl (C=O) groups excluding carboxylic acids is 2. The first-order valence-electron chi connectivity index (χ1n) is 7.90. The van der Waals surface area contributed by atoms with Gasteiger partial charge < -0.3 is 14.8 Å². The molecule has 0 aromatic carbocycles. The molecular weight excluding hydrogens is 310 g/mol. The summed E-state index contributed by atoms with van der Waals surface area (Å²) in [6.45, 7) is 1.59. The summed E-state index contributed by atoms with van der Waals surface area (Å²) in [5.74, 6) is 0.271. The fourth-order valence-corrected chi connectivity index (χ4v) is 2.95. The Hall–Kier alpha value is -2.54. The van der Waals surface area contributed by atoms with Crippen LogP contribution in [0.1, 0.15) is 52.7 Å². The van der Waals surface area contributed by atoms with Gasteiger partial charge in [-0.05, 0) is 38.2 Å². The van der Waals surface area contributed by atoms with Crippen molar-refractivity contribution in [2.24, 2.45) is 5.92 Å². The van der Waals surface area contributed by atoms with Crippen molar-refractivity contribution in [3.8, 4) is 0 Å². The van der Waals surface area contributed by atoms with Crippen LogP contribution in [0.15, 0.2) is 29.3 Å². The molecule has 1 saturated carbocycles. The minimum Gasteiger partial charge on any atom is -0.460 e. The van der Waals surface area contributed by atoms with Crippen LogP contribution >= 0.6 is 0 Å². The van der Waals surface area contributed by atoms with Gasteiger partial charge in [-0.15, -0.1) is 0 Å². The summed E-state index contributed by atoms with van der Waals surface area (Å²) in [5.41, 5.74) is 0.653. The van der Waals surface area contributed by atoms with Crippen LogP contribution in [0.3, 0.4) is 0 Å². The van der Waals surface area contributed by atoms with Gasteiger partial charge in [-0.1, -0.05) is 0 Å². The number of aliphatic hydroxyl groups excluding tert-OH is 1. The summed E-state index contributed by atoms with van der Waals surface area (Å²) >= 11 is 0. The van der Waals surface area contributed by atoms with E-state index in [0.29, 0.717) is 16.9 Å². The van der Waals surface area contributed by atoms with Gasteiger partial charge in [-0.2, -0.15) is 0 Å². The fraction of sp³-hybridized carbons (Fsp3) is 0.412. The Balaban J connectivity index is 1.80. The van der Waals surface area contributed by atoms with E-state index in [1.807, 2.05) is 0 Å². The Morgan fingerprint density at radius 3 is 2.92 bits per heavy atom. The van der Waals surface area contributed by atoms with E-state index >= 15 is 0 Å². The maximum Gasteiger partial charge on any atom is 0.233 e. The second-order valence-corrected chi connectivity index (χ2v) is 6.07. The number of aromatic nitrogens is 2. The molecule has 0 aliphatic heterocycles. The third-order valence-electron chi connectivity index (χ3n) is 4.33. The van der Waals surface area contributed by atoms with E-state index in [4.69, 9.17) is 4.42 Å². The fourth-order valence-electron chi connectivity index (χ4n) is 2.95. The number of hydrogen-bond acceptors (Lipinski definition) is 7. The Labute approximate surface area is 139 Å². The van der Waals surface area contributed by atoms with Gasteiger partial charge in [0.2, 0.25) is 5.78 Å². The van der Waals surface area contributed by atoms with Crippen molar-refractivity contribution in [1.29, 1.82) is 0 Å². The van der Waals surface area contributed by atoms with Gasteiger partial charge in [0.05, 0.1) is 11.1 Å². The highest BCUT2D eigenvalue weighted by atomic mass is 16.3. The van der Waals surface area contributed by atoms with Gasteiger partial charge in [0.1, 0.15) is 18.4 Å². The molecule has 2 aromatic rings. The number of anilines is 1. The topological polar surface area (TPSA) is 105 Å². The van der Waals surface area contributed by atoms with Crippen LogP contribution in [0.5, 0.6) is 0 Å². The SMILES string of the molecule is CC(=O)c1coc(C(=O)c2cncnc2NC2CCC(CO)C2)c1. The summed E-state index contributed by atoms with van der Waals surface area (Å²) in [4.78, 5) is 32.1. The largest absolute Gasteiger partial charge is 0.460 e. The molecule has 2 aromatic heterocycles. The lowest BCUT2D eigenvalue weighted by molar-refractivity contribution is 0.100. The van der Waals surface area contributed by atoms with Crippen molar-refractivity contribution in [1.82, 2.24) is 9.97 Å². The molecule has 24 heavy (non-hydrogen) atoms. The van der Waals surface area contributed by atoms with E-state index in [-0.39, 0.29) is 35.9 Å². The smallest absolute Gasteiger partial charge is 0.233 e. The number of Topliss-reactive ketones (excluding diaryl/α,β-unsaturated/α-hetero) is 1. The molecule has 0 bridgehead atoms. The van der Waals surface area contributed by atoms with Crippen molar-refractivity contribution >= 4 is 17.4 Å². The first-order valence-corrected chi connectivity index (χ1v) is 7.90. The van der Waals surface area contributed by atoms with Gasteiger partial charge in [0.15, 0.2) is 11.5 Å². The van der Waals surface area contributed by atoms with E-state index in [1.165, 1.54) is 31.8 Å². The van der Waals surface area contributed by atoms with Crippen LogP contribution in [-0.4, -0.2) is 39.3 Å². The number of nitrogens with zero attached hydrogens (tertiary/aromatic N) is 2. The summed E-state index contributed by atoms with van der Waals surface area (Å²) in [6.07, 6.45) is 6.78. The second-order valence-electron chi connectivity index (χ2n) is 6.07. The van der Waals surface area contributed by atoms with Gasteiger partial charge in [0.25, 0.3) is 0 Å². The van der Waals surface area contributed by atoms with Gasteiger partial charge in [0, 0.05) is 18.8 Å². The van der Waals surface area contributed by atoms with E-state index < -0.39 is 0 Å². The molecule has 126 valence electrons. The van der Waals surface area contributed by atoms with Crippen molar-refractivity contribution in [2.75, 3.05) is 11.9 Å². The highest BCUT2D eigenvalue weighted by molar-refractivity contribution is 6.11. The van der Waals surface area contributed by atoms with Crippen LogP contribution in [0, 0.1) is 5.92 Å². The summed E-state index contributed by atoms with van der Waals surface area (Å²) in [7, 11) is 0. The molecule has 2 heterocycles. The molecule has 7 heteroatoms. The molecule has 0 amide bonds. The summed E-state index contributed by atoms with van der Waals surface area (Å²) in [6, 6.07) is 1.59. The lowest BCUT2D eigenvalue weighted by Gasteiger charge is -2.15. The van der Waals surface area contributed by atoms with Crippen LogP contribution < -0.4 is 5.32 Å². The van der Waals surface area contributed by atoms with E-state index in [2.05, 4.69) is 15.3 Å². The molecule has 2 atom stereocenters. The third-order valence-corrected chi connectivity index (χ3v) is 4.33. The van der Waals surface area contributed by atoms with Crippen LogP contribution in [0.25, 0.3) is 0 Å². The molecule has 2 N–H and O–H groups in total. The van der Waals surface area contributed by atoms with Crippen LogP contribution in [0.4, 0.5) is 5.82 Å². The first kappa shape index (κ1) is 16.3. The molecule has 0 radical (unpaired) electrons. The number of rotatable bonds is 6. The second kappa shape index (κ2) is 6.92. The Morgan fingerprint density at radius 1 is 1.42 bits per heavy atom. The molecule has 1 aliphatic carbocycles. The predicted octanol–water partition coefficient (Wildman–Crippen LogP) is 2.08. The number of hydrogen-bond donors (Lipinski definition) is 2. The quantitative estimate of drug-likeness (QED) is 0.782. The molecule has 0 spiro atoms. The van der Waals surface area contributed by atoms with Crippen molar-refractivity contribution in [3.05, 3.63) is 41.7 Å². The Kier molecular flexibility index (Phi) is 4.71. The molecule has 1 fully saturated rings. The standard InChI is InChI=1S/C17H19N3O4/c1-10(22)12-5-15(24-8-12)16(23)14-6-18-9-19-17(14)20-13-3-2-11(4-13)7-21/h5-6,8-9,11,13,21H,2-4,7H2,1H3,(H,18,19,20). The zero-order valence-electron chi connectivity index (χ0n) is 13.4. The number of furan rings is 1. The average molecular weight is 329 g/mol. The van der Waals surface area contributed by atoms with E-state index in [0.717, 1.165) is 19.3 Å². The van der Waals surface area contributed by atoms with Crippen LogP contribution in [-0.2, 0) is 0 Å². The van der Waals surface area contributed by atoms with Gasteiger partial charge in [-0.25, -0.2) is 9.97 Å². The lowest BCUT2D eigenvalue weighted by atomic mass is 10.1. The lowest BCUT2D eigenvalue weighted by Crippen LogP contribution is -2.19. The van der Waals surface area contributed by atoms with Crippen LogP contribution in [0.2, 0.25) is 0 Å². The zero-order valence-corrected chi connectivity index (χ0v) is 13.4. The highest BCUT2D eigenvalue weighted by Crippen LogP contribution is 2.28. The molecule has 2 unspecified atom stereocenters. The van der Waals surface area contributed by atoms with Crippen molar-refractivity contribution in [3.63, 3.8) is 0 Å². The Morgan fingerprint density at radius 2 is 2.25 bits per heavy atom. The van der Waals surface area contributed by atoms with E-state index in [1.54, 1.807) is 0 Å². The number of nitrogens with one attached hydrogen (secondary N) is 1. The summed E-state index contributed by atoms with van der Waals surface area (Å²) < 4.78 is 5.21. The molecule has 3 rings (SSSR count). The molecule has 7 nitrogen and oxygen atoms in total. The Bertz CT molecular complexity index is 756. The monoisotopic (exact) mass is 329 g/mol. The summed E-state index contributed by atoms with van der Waals surface area (Å²) in [5, 5.41) is 12.5. The third kappa shape index (κ3) is 3.35. The molecule has 0 saturated heterocycles. The normalized spacial score (nSPS) is 20.1. The van der Waals surface area contributed by atoms with Gasteiger partial charge in [-0.3, -0.25) is 9.59 Å². The maximum absolute atomic E-state index is 12.6. The van der Waals surface area contributed by atoms with Gasteiger partial charge >= 0.3 is 0 Å². The zero-order chi connectivity index (χ0) is 17.1. The minimum absolute atomic E-state index is 0.0812. The number of aliphatic hydroxyl groups is 1. The van der Waals surface area contributed by atoms with Crippen molar-refractivity contribution < 1.29 is 19.1 Å². The maximum atomic E-state index is 12.6. The molecule has 1 aliphatic rings. The first-order chi connectivity index (χ1) is 11.6. The predicted molar refractivity (Wildman–Crippen MR) is 86.0 cm³/mol. The number of carbonyl (C=O) groups is 2. The number of ketones is 2. The minimum atomic E-state index is -0.373.